The summed E-state index contributed by atoms with van der Waals surface area (Å²) in [6, 6.07) is 9.27. The molecule has 1 saturated heterocycles. The average molecular weight is 341 g/mol. The number of allylic oxidation sites excluding steroid dienone is 2. The molecule has 2 heterocycles. The lowest BCUT2D eigenvalue weighted by Gasteiger charge is -2.33. The molecule has 0 saturated carbocycles. The molecule has 130 valence electrons. The number of carbonyl (C=O) groups is 1. The predicted molar refractivity (Wildman–Crippen MR) is 90.7 cm³/mol. The molecule has 25 heavy (non-hydrogen) atoms. The zero-order valence-electron chi connectivity index (χ0n) is 13.8. The maximum Gasteiger partial charge on any atom is 0.441 e. The van der Waals surface area contributed by atoms with E-state index in [9.17, 15) is 9.59 Å². The smallest absolute Gasteiger partial charge is 0.387 e. The van der Waals surface area contributed by atoms with Gasteiger partial charge in [0.1, 0.15) is 5.70 Å². The van der Waals surface area contributed by atoms with E-state index >= 15 is 0 Å². The molecule has 1 aliphatic carbocycles. The number of ketones is 1. The molecule has 1 aromatic carbocycles. The Labute approximate surface area is 144 Å². The highest BCUT2D eigenvalue weighted by molar-refractivity contribution is 6.01. The van der Waals surface area contributed by atoms with Gasteiger partial charge < -0.3 is 14.1 Å². The van der Waals surface area contributed by atoms with Crippen molar-refractivity contribution in [2.75, 3.05) is 26.3 Å². The fourth-order valence-electron chi connectivity index (χ4n) is 3.31. The van der Waals surface area contributed by atoms with E-state index in [0.717, 1.165) is 5.56 Å². The number of hydrogen-bond acceptors (Lipinski definition) is 6. The minimum absolute atomic E-state index is 0.0549. The number of Topliss-reactive ketones (excluding diaryl/α,β-unsaturated/α-hetero) is 1. The Balaban J connectivity index is 1.79. The number of aromatic nitrogens is 2. The number of carbonyl (C=O) groups excluding carboxylic acids is 1. The van der Waals surface area contributed by atoms with Crippen LogP contribution in [0.1, 0.15) is 19.3 Å². The summed E-state index contributed by atoms with van der Waals surface area (Å²) in [5.41, 5.74) is 1.95. The molecule has 0 atom stereocenters. The van der Waals surface area contributed by atoms with Crippen molar-refractivity contribution >= 4 is 11.5 Å². The summed E-state index contributed by atoms with van der Waals surface area (Å²) in [7, 11) is 0. The van der Waals surface area contributed by atoms with Crippen LogP contribution in [0, 0.1) is 0 Å². The number of rotatable bonds is 3. The molecule has 7 nitrogen and oxygen atoms in total. The summed E-state index contributed by atoms with van der Waals surface area (Å²) >= 11 is 0. The molecule has 1 aliphatic heterocycles. The van der Waals surface area contributed by atoms with Crippen molar-refractivity contribution < 1.29 is 13.9 Å². The summed E-state index contributed by atoms with van der Waals surface area (Å²) in [5.74, 6) is -0.244. The highest BCUT2D eigenvalue weighted by atomic mass is 16.5. The van der Waals surface area contributed by atoms with Crippen molar-refractivity contribution in [2.24, 2.45) is 0 Å². The van der Waals surface area contributed by atoms with Gasteiger partial charge in [0.15, 0.2) is 5.78 Å². The van der Waals surface area contributed by atoms with Gasteiger partial charge in [0.25, 0.3) is 0 Å². The Hall–Kier alpha value is -2.67. The van der Waals surface area contributed by atoms with Gasteiger partial charge in [-0.25, -0.2) is 4.79 Å². The van der Waals surface area contributed by atoms with Crippen LogP contribution in [0.25, 0.3) is 17.2 Å². The van der Waals surface area contributed by atoms with E-state index in [2.05, 4.69) is 5.10 Å². The topological polar surface area (TPSA) is 77.6 Å². The molecular weight excluding hydrogens is 322 g/mol. The summed E-state index contributed by atoms with van der Waals surface area (Å²) in [6.45, 7) is 2.44. The van der Waals surface area contributed by atoms with Crippen LogP contribution < -0.4 is 5.76 Å². The van der Waals surface area contributed by atoms with E-state index in [1.807, 2.05) is 35.2 Å². The lowest BCUT2D eigenvalue weighted by atomic mass is 9.98. The third kappa shape index (κ3) is 3.02. The number of nitrogens with zero attached hydrogens (tertiary/aromatic N) is 3. The van der Waals surface area contributed by atoms with E-state index < -0.39 is 5.76 Å². The van der Waals surface area contributed by atoms with Gasteiger partial charge in [-0.05, 0) is 25.0 Å². The van der Waals surface area contributed by atoms with Gasteiger partial charge in [-0.3, -0.25) is 4.79 Å². The molecule has 0 radical (unpaired) electrons. The zero-order chi connectivity index (χ0) is 17.2. The summed E-state index contributed by atoms with van der Waals surface area (Å²) in [5, 5.41) is 4.35. The molecule has 0 unspecified atom stereocenters. The van der Waals surface area contributed by atoms with E-state index in [4.69, 9.17) is 9.15 Å². The Kier molecular flexibility index (Phi) is 4.23. The minimum atomic E-state index is -0.561. The molecule has 1 fully saturated rings. The second-order valence-corrected chi connectivity index (χ2v) is 6.12. The molecular formula is C18H19N3O4. The van der Waals surface area contributed by atoms with Crippen molar-refractivity contribution in [1.82, 2.24) is 14.7 Å². The van der Waals surface area contributed by atoms with Crippen LogP contribution in [0.3, 0.4) is 0 Å². The molecule has 4 rings (SSSR count). The predicted octanol–water partition coefficient (Wildman–Crippen LogP) is 1.76. The van der Waals surface area contributed by atoms with E-state index in [1.165, 1.54) is 4.68 Å². The molecule has 0 spiro atoms. The van der Waals surface area contributed by atoms with Gasteiger partial charge >= 0.3 is 5.76 Å². The van der Waals surface area contributed by atoms with Crippen LogP contribution in [0.4, 0.5) is 0 Å². The largest absolute Gasteiger partial charge is 0.441 e. The normalized spacial score (nSPS) is 18.7. The van der Waals surface area contributed by atoms with Crippen LogP contribution in [0.15, 0.2) is 45.2 Å². The first-order chi connectivity index (χ1) is 12.2. The molecule has 1 aromatic heterocycles. The fraction of sp³-hybridized carbons (Fsp3) is 0.389. The third-order valence-corrected chi connectivity index (χ3v) is 4.51. The third-order valence-electron chi connectivity index (χ3n) is 4.51. The molecule has 7 heteroatoms. The van der Waals surface area contributed by atoms with Gasteiger partial charge in [0.2, 0.25) is 5.89 Å². The first-order valence-electron chi connectivity index (χ1n) is 8.49. The van der Waals surface area contributed by atoms with Gasteiger partial charge in [0.05, 0.1) is 18.9 Å². The molecule has 0 bridgehead atoms. The molecule has 0 N–H and O–H groups in total. The fourth-order valence-corrected chi connectivity index (χ4v) is 3.31. The Morgan fingerprint density at radius 3 is 2.52 bits per heavy atom. The van der Waals surface area contributed by atoms with Crippen molar-refractivity contribution in [2.45, 2.75) is 19.3 Å². The molecule has 0 amide bonds. The van der Waals surface area contributed by atoms with Crippen LogP contribution in [-0.2, 0) is 9.53 Å². The number of ether oxygens (including phenoxy) is 1. The molecule has 2 aromatic rings. The SMILES string of the molecule is O=C1CCCC(n2nc(-c3ccccc3)oc2=O)=C1N1CCOCC1. The van der Waals surface area contributed by atoms with Crippen LogP contribution in [0.5, 0.6) is 0 Å². The lowest BCUT2D eigenvalue weighted by Crippen LogP contribution is -2.40. The Morgan fingerprint density at radius 2 is 1.76 bits per heavy atom. The van der Waals surface area contributed by atoms with Crippen molar-refractivity contribution in [3.05, 3.63) is 46.6 Å². The van der Waals surface area contributed by atoms with E-state index in [1.54, 1.807) is 0 Å². The number of hydrogen-bond donors (Lipinski definition) is 0. The van der Waals surface area contributed by atoms with Crippen LogP contribution >= 0.6 is 0 Å². The highest BCUT2D eigenvalue weighted by Gasteiger charge is 2.29. The van der Waals surface area contributed by atoms with E-state index in [0.29, 0.717) is 57.0 Å². The van der Waals surface area contributed by atoms with Gasteiger partial charge in [-0.1, -0.05) is 18.2 Å². The maximum absolute atomic E-state index is 12.6. The minimum Gasteiger partial charge on any atom is -0.387 e. The second kappa shape index (κ2) is 6.68. The summed E-state index contributed by atoms with van der Waals surface area (Å²) < 4.78 is 12.0. The van der Waals surface area contributed by atoms with Crippen molar-refractivity contribution in [3.63, 3.8) is 0 Å². The Bertz CT molecular complexity index is 860. The monoisotopic (exact) mass is 341 g/mol. The number of morpholine rings is 1. The zero-order valence-corrected chi connectivity index (χ0v) is 13.8. The first-order valence-corrected chi connectivity index (χ1v) is 8.49. The second-order valence-electron chi connectivity index (χ2n) is 6.12. The van der Waals surface area contributed by atoms with Gasteiger partial charge in [-0.15, -0.1) is 5.10 Å². The van der Waals surface area contributed by atoms with Crippen molar-refractivity contribution in [1.29, 1.82) is 0 Å². The Morgan fingerprint density at radius 1 is 1.00 bits per heavy atom. The highest BCUT2D eigenvalue weighted by Crippen LogP contribution is 2.28. The van der Waals surface area contributed by atoms with Crippen LogP contribution in [-0.4, -0.2) is 46.8 Å². The first kappa shape index (κ1) is 15.8. The van der Waals surface area contributed by atoms with E-state index in [-0.39, 0.29) is 11.7 Å². The summed E-state index contributed by atoms with van der Waals surface area (Å²) in [4.78, 5) is 26.9. The molecule has 2 aliphatic rings. The van der Waals surface area contributed by atoms with Crippen LogP contribution in [0.2, 0.25) is 0 Å². The van der Waals surface area contributed by atoms with Gasteiger partial charge in [0, 0.05) is 25.1 Å². The standard InChI is InChI=1S/C18H19N3O4/c22-15-8-4-7-14(16(15)20-9-11-24-12-10-20)21-18(23)25-17(19-21)13-5-2-1-3-6-13/h1-3,5-6H,4,7-12H2. The number of benzene rings is 1. The van der Waals surface area contributed by atoms with Gasteiger partial charge in [-0.2, -0.15) is 4.68 Å². The quantitative estimate of drug-likeness (QED) is 0.846. The van der Waals surface area contributed by atoms with Crippen molar-refractivity contribution in [3.8, 4) is 11.5 Å². The summed E-state index contributed by atoms with van der Waals surface area (Å²) in [6.07, 6.45) is 1.83. The lowest BCUT2D eigenvalue weighted by molar-refractivity contribution is -0.118. The average Bonchev–Trinajstić information content (AvgIpc) is 3.04. The maximum atomic E-state index is 12.6.